The first kappa shape index (κ1) is 25.1. The molecule has 0 bridgehead atoms. The van der Waals surface area contributed by atoms with Crippen molar-refractivity contribution in [2.24, 2.45) is 0 Å². The van der Waals surface area contributed by atoms with Crippen molar-refractivity contribution in [1.29, 1.82) is 0 Å². The molecule has 0 saturated heterocycles. The predicted octanol–water partition coefficient (Wildman–Crippen LogP) is 5.40. The molecule has 3 heteroatoms. The van der Waals surface area contributed by atoms with Crippen LogP contribution in [0.3, 0.4) is 0 Å². The van der Waals surface area contributed by atoms with E-state index in [1.807, 2.05) is 18.2 Å². The molecule has 0 spiro atoms. The minimum atomic E-state index is 0.183. The molecule has 0 heterocycles. The second kappa shape index (κ2) is 12.6. The zero-order valence-corrected chi connectivity index (χ0v) is 23.1. The van der Waals surface area contributed by atoms with E-state index in [1.165, 1.54) is 16.7 Å². The third-order valence-electron chi connectivity index (χ3n) is 6.18. The molecule has 5 rings (SSSR count). The van der Waals surface area contributed by atoms with Crippen LogP contribution in [-0.4, -0.2) is 4.93 Å². The SMILES string of the molecule is C[I-]Cc1ccccc1OCc1cccc(-c2cccc(OCc3cccc(-c4ccccc4)c3)c2)c1. The third kappa shape index (κ3) is 6.80. The summed E-state index contributed by atoms with van der Waals surface area (Å²) in [5.74, 6) is 1.86. The van der Waals surface area contributed by atoms with Crippen LogP contribution >= 0.6 is 0 Å². The Labute approximate surface area is 230 Å². The number of para-hydroxylation sites is 1. The second-order valence-corrected chi connectivity index (χ2v) is 11.2. The van der Waals surface area contributed by atoms with E-state index >= 15 is 0 Å². The monoisotopic (exact) mass is 597 g/mol. The molecule has 37 heavy (non-hydrogen) atoms. The Morgan fingerprint density at radius 2 is 1.08 bits per heavy atom. The molecule has 0 aromatic heterocycles. The van der Waals surface area contributed by atoms with Crippen LogP contribution in [0.1, 0.15) is 16.7 Å². The summed E-state index contributed by atoms with van der Waals surface area (Å²) >= 11 is 0.183. The Morgan fingerprint density at radius 3 is 1.81 bits per heavy atom. The second-order valence-electron chi connectivity index (χ2n) is 8.88. The van der Waals surface area contributed by atoms with Crippen LogP contribution in [0.25, 0.3) is 22.3 Å². The van der Waals surface area contributed by atoms with Gasteiger partial charge in [0.2, 0.25) is 0 Å². The van der Waals surface area contributed by atoms with E-state index in [2.05, 4.69) is 114 Å². The van der Waals surface area contributed by atoms with E-state index in [1.54, 1.807) is 0 Å². The third-order valence-corrected chi connectivity index (χ3v) is 7.76. The van der Waals surface area contributed by atoms with Gasteiger partial charge in [-0.25, -0.2) is 0 Å². The van der Waals surface area contributed by atoms with Gasteiger partial charge in [-0.05, 0) is 22.8 Å². The molecule has 2 nitrogen and oxygen atoms in total. The molecule has 0 amide bonds. The number of rotatable bonds is 10. The van der Waals surface area contributed by atoms with Gasteiger partial charge in [0, 0.05) is 0 Å². The standard InChI is InChI=1S/C34H30IO2/c1-35-23-32-14-5-6-19-34(32)37-25-27-11-8-16-30(21-27)31-17-9-18-33(22-31)36-24-26-10-7-15-29(20-26)28-12-3-2-4-13-28/h2-22H,23-25H2,1H3/q-1. The summed E-state index contributed by atoms with van der Waals surface area (Å²) in [7, 11) is 0. The molecule has 5 aromatic carbocycles. The molecule has 0 aliphatic rings. The van der Waals surface area contributed by atoms with Gasteiger partial charge in [0.05, 0.1) is 0 Å². The van der Waals surface area contributed by atoms with Gasteiger partial charge in [0.1, 0.15) is 6.61 Å². The van der Waals surface area contributed by atoms with Crippen molar-refractivity contribution in [2.75, 3.05) is 4.93 Å². The summed E-state index contributed by atoms with van der Waals surface area (Å²) in [6.45, 7) is 1.08. The Morgan fingerprint density at radius 1 is 0.514 bits per heavy atom. The maximum atomic E-state index is 6.21. The number of alkyl halides is 2. The number of benzene rings is 5. The normalized spacial score (nSPS) is 10.8. The molecule has 0 aliphatic carbocycles. The van der Waals surface area contributed by atoms with Crippen LogP contribution in [0.5, 0.6) is 11.5 Å². The van der Waals surface area contributed by atoms with E-state index in [9.17, 15) is 0 Å². The van der Waals surface area contributed by atoms with Crippen molar-refractivity contribution < 1.29 is 30.7 Å². The van der Waals surface area contributed by atoms with Gasteiger partial charge in [0.15, 0.2) is 0 Å². The van der Waals surface area contributed by atoms with Crippen molar-refractivity contribution in [3.8, 4) is 33.8 Å². The fourth-order valence-corrected chi connectivity index (χ4v) is 5.76. The molecular formula is C34H30IO2-. The number of hydrogen-bond donors (Lipinski definition) is 0. The summed E-state index contributed by atoms with van der Waals surface area (Å²) in [5.41, 5.74) is 8.32. The van der Waals surface area contributed by atoms with Crippen LogP contribution in [-0.2, 0) is 17.6 Å². The first-order valence-electron chi connectivity index (χ1n) is 12.4. The first-order valence-corrected chi connectivity index (χ1v) is 16.1. The minimum absolute atomic E-state index is 0.183. The average Bonchev–Trinajstić information content (AvgIpc) is 2.97. The van der Waals surface area contributed by atoms with Gasteiger partial charge < -0.3 is 0 Å². The van der Waals surface area contributed by atoms with Gasteiger partial charge >= 0.3 is 153 Å². The Balaban J connectivity index is 1.26. The van der Waals surface area contributed by atoms with E-state index in [0.717, 1.165) is 38.2 Å². The molecule has 0 N–H and O–H groups in total. The topological polar surface area (TPSA) is 18.5 Å². The Bertz CT molecular complexity index is 1450. The van der Waals surface area contributed by atoms with Crippen LogP contribution < -0.4 is 30.7 Å². The Kier molecular flexibility index (Phi) is 8.54. The van der Waals surface area contributed by atoms with Gasteiger partial charge in [-0.3, -0.25) is 0 Å². The van der Waals surface area contributed by atoms with Crippen LogP contribution in [0.2, 0.25) is 0 Å². The van der Waals surface area contributed by atoms with Gasteiger partial charge in [0.25, 0.3) is 0 Å². The predicted molar refractivity (Wildman–Crippen MR) is 148 cm³/mol. The number of ether oxygens (including phenoxy) is 2. The van der Waals surface area contributed by atoms with E-state index in [4.69, 9.17) is 9.47 Å². The molecule has 0 saturated carbocycles. The van der Waals surface area contributed by atoms with Crippen molar-refractivity contribution in [3.63, 3.8) is 0 Å². The van der Waals surface area contributed by atoms with Crippen molar-refractivity contribution >= 4 is 0 Å². The zero-order chi connectivity index (χ0) is 25.3. The van der Waals surface area contributed by atoms with E-state index < -0.39 is 0 Å². The van der Waals surface area contributed by atoms with Crippen molar-refractivity contribution in [3.05, 3.63) is 144 Å². The molecule has 0 atom stereocenters. The van der Waals surface area contributed by atoms with Crippen LogP contribution in [0.4, 0.5) is 0 Å². The van der Waals surface area contributed by atoms with Gasteiger partial charge in [-0.15, -0.1) is 0 Å². The van der Waals surface area contributed by atoms with E-state index in [0.29, 0.717) is 13.2 Å². The summed E-state index contributed by atoms with van der Waals surface area (Å²) in [4.78, 5) is 2.30. The first-order chi connectivity index (χ1) is 18.3. The van der Waals surface area contributed by atoms with Crippen molar-refractivity contribution in [1.82, 2.24) is 0 Å². The number of hydrogen-bond acceptors (Lipinski definition) is 2. The average molecular weight is 598 g/mol. The maximum absolute atomic E-state index is 6.21. The quantitative estimate of drug-likeness (QED) is 0.159. The van der Waals surface area contributed by atoms with Crippen molar-refractivity contribution in [2.45, 2.75) is 17.6 Å². The molecular weight excluding hydrogens is 567 g/mol. The zero-order valence-electron chi connectivity index (χ0n) is 20.9. The van der Waals surface area contributed by atoms with Crippen LogP contribution in [0.15, 0.2) is 127 Å². The Hall–Kier alpha value is -3.57. The van der Waals surface area contributed by atoms with E-state index in [-0.39, 0.29) is 21.2 Å². The fraction of sp³-hybridized carbons (Fsp3) is 0.118. The molecule has 0 radical (unpaired) electrons. The molecule has 0 fully saturated rings. The summed E-state index contributed by atoms with van der Waals surface area (Å²) in [6.07, 6.45) is 0. The fourth-order valence-electron chi connectivity index (χ4n) is 4.30. The number of halogens is 1. The summed E-state index contributed by atoms with van der Waals surface area (Å²) in [6, 6.07) is 44.3. The molecule has 5 aromatic rings. The molecule has 186 valence electrons. The van der Waals surface area contributed by atoms with Crippen LogP contribution in [0, 0.1) is 0 Å². The van der Waals surface area contributed by atoms with Gasteiger partial charge in [-0.1, -0.05) is 48.5 Å². The summed E-state index contributed by atoms with van der Waals surface area (Å²) < 4.78 is 13.5. The molecule has 0 unspecified atom stereocenters. The molecule has 0 aliphatic heterocycles. The van der Waals surface area contributed by atoms with Gasteiger partial charge in [-0.2, -0.15) is 0 Å². The summed E-state index contributed by atoms with van der Waals surface area (Å²) in [5, 5.41) is 0.